The molecule has 5 nitrogen and oxygen atoms in total. The van der Waals surface area contributed by atoms with Gasteiger partial charge in [-0.2, -0.15) is 0 Å². The van der Waals surface area contributed by atoms with E-state index in [-0.39, 0.29) is 0 Å². The van der Waals surface area contributed by atoms with Crippen LogP contribution in [0.15, 0.2) is 35.4 Å². The normalized spacial score (nSPS) is 10.1. The minimum atomic E-state index is -0.433. The lowest BCUT2D eigenvalue weighted by atomic mass is 10.1. The van der Waals surface area contributed by atoms with E-state index in [0.717, 1.165) is 11.3 Å². The summed E-state index contributed by atoms with van der Waals surface area (Å²) in [5.74, 6) is 0.348. The van der Waals surface area contributed by atoms with E-state index < -0.39 is 5.69 Å². The third-order valence-corrected chi connectivity index (χ3v) is 2.02. The molecule has 0 spiro atoms. The largest absolute Gasteiger partial charge is 0.385 e. The van der Waals surface area contributed by atoms with Crippen LogP contribution in [0.4, 0.5) is 5.82 Å². The van der Waals surface area contributed by atoms with Gasteiger partial charge >= 0.3 is 5.69 Å². The van der Waals surface area contributed by atoms with E-state index in [1.54, 1.807) is 6.20 Å². The van der Waals surface area contributed by atoms with E-state index in [4.69, 9.17) is 5.73 Å². The van der Waals surface area contributed by atoms with Gasteiger partial charge in [-0.3, -0.25) is 9.97 Å². The van der Waals surface area contributed by atoms with Crippen LogP contribution in [0, 0.1) is 0 Å². The van der Waals surface area contributed by atoms with E-state index in [1.165, 1.54) is 6.20 Å². The second kappa shape index (κ2) is 3.91. The number of anilines is 1. The molecule has 2 rings (SSSR count). The van der Waals surface area contributed by atoms with E-state index >= 15 is 0 Å². The topological polar surface area (TPSA) is 84.7 Å². The number of nitrogens with zero attached hydrogens (tertiary/aromatic N) is 2. The maximum absolute atomic E-state index is 10.8. The zero-order valence-electron chi connectivity index (χ0n) is 7.97. The van der Waals surface area contributed by atoms with E-state index in [1.807, 2.05) is 18.2 Å². The van der Waals surface area contributed by atoms with Crippen molar-refractivity contribution in [3.63, 3.8) is 0 Å². The molecule has 0 aliphatic carbocycles. The van der Waals surface area contributed by atoms with Gasteiger partial charge < -0.3 is 5.73 Å². The summed E-state index contributed by atoms with van der Waals surface area (Å²) in [7, 11) is 0. The van der Waals surface area contributed by atoms with Crippen LogP contribution in [0.25, 0.3) is 0 Å². The number of nitrogens with two attached hydrogens (primary N) is 1. The zero-order valence-corrected chi connectivity index (χ0v) is 7.97. The molecule has 0 aliphatic heterocycles. The van der Waals surface area contributed by atoms with Crippen LogP contribution in [0.3, 0.4) is 0 Å². The summed E-state index contributed by atoms with van der Waals surface area (Å²) in [4.78, 5) is 21.1. The van der Waals surface area contributed by atoms with Crippen molar-refractivity contribution in [3.05, 3.63) is 52.3 Å². The smallest absolute Gasteiger partial charge is 0.346 e. The Hall–Kier alpha value is -2.17. The van der Waals surface area contributed by atoms with Gasteiger partial charge in [-0.05, 0) is 12.1 Å². The summed E-state index contributed by atoms with van der Waals surface area (Å²) >= 11 is 0. The summed E-state index contributed by atoms with van der Waals surface area (Å²) in [5.41, 5.74) is 6.87. The van der Waals surface area contributed by atoms with Gasteiger partial charge in [-0.25, -0.2) is 9.78 Å². The number of aromatic amines is 1. The average molecular weight is 202 g/mol. The number of nitrogens with one attached hydrogen (secondary N) is 1. The fourth-order valence-electron chi connectivity index (χ4n) is 1.27. The van der Waals surface area contributed by atoms with Gasteiger partial charge in [0, 0.05) is 30.1 Å². The van der Waals surface area contributed by atoms with Gasteiger partial charge in [0.1, 0.15) is 5.82 Å². The fraction of sp³-hybridized carbons (Fsp3) is 0.100. The van der Waals surface area contributed by atoms with Gasteiger partial charge in [-0.1, -0.05) is 6.07 Å². The van der Waals surface area contributed by atoms with Crippen molar-refractivity contribution in [2.45, 2.75) is 6.42 Å². The van der Waals surface area contributed by atoms with Crippen LogP contribution in [-0.2, 0) is 6.42 Å². The van der Waals surface area contributed by atoms with Crippen molar-refractivity contribution in [1.82, 2.24) is 15.0 Å². The molecule has 0 atom stereocenters. The summed E-state index contributed by atoms with van der Waals surface area (Å²) in [6, 6.07) is 5.64. The minimum absolute atomic E-state index is 0.348. The molecule has 15 heavy (non-hydrogen) atoms. The van der Waals surface area contributed by atoms with Crippen molar-refractivity contribution in [2.24, 2.45) is 0 Å². The standard InChI is InChI=1S/C10H10N4O/c11-9-7(6-13-10(15)14-9)5-8-3-1-2-4-12-8/h1-4,6H,5H2,(H3,11,13,14,15). The predicted octanol–water partition coefficient (Wildman–Crippen LogP) is 0.338. The Balaban J connectivity index is 2.29. The second-order valence-electron chi connectivity index (χ2n) is 3.13. The molecule has 76 valence electrons. The Morgan fingerprint density at radius 3 is 2.87 bits per heavy atom. The van der Waals surface area contributed by atoms with E-state index in [0.29, 0.717) is 12.2 Å². The zero-order chi connectivity index (χ0) is 10.7. The number of H-pyrrole nitrogens is 1. The quantitative estimate of drug-likeness (QED) is 0.735. The number of hydrogen-bond donors (Lipinski definition) is 2. The molecule has 3 N–H and O–H groups in total. The van der Waals surface area contributed by atoms with Crippen molar-refractivity contribution in [3.8, 4) is 0 Å². The molecule has 2 heterocycles. The van der Waals surface area contributed by atoms with Crippen LogP contribution in [0.1, 0.15) is 11.3 Å². The minimum Gasteiger partial charge on any atom is -0.385 e. The number of hydrogen-bond acceptors (Lipinski definition) is 4. The number of aromatic nitrogens is 3. The molecule has 0 saturated carbocycles. The molecule has 2 aromatic heterocycles. The van der Waals surface area contributed by atoms with Crippen molar-refractivity contribution >= 4 is 5.82 Å². The van der Waals surface area contributed by atoms with Crippen LogP contribution < -0.4 is 11.4 Å². The van der Waals surface area contributed by atoms with Crippen LogP contribution in [-0.4, -0.2) is 15.0 Å². The fourth-order valence-corrected chi connectivity index (χ4v) is 1.27. The first-order valence-corrected chi connectivity index (χ1v) is 4.49. The molecule has 0 aliphatic rings. The summed E-state index contributed by atoms with van der Waals surface area (Å²) in [5, 5.41) is 0. The number of rotatable bonds is 2. The molecule has 0 fully saturated rings. The van der Waals surface area contributed by atoms with E-state index in [2.05, 4.69) is 15.0 Å². The highest BCUT2D eigenvalue weighted by molar-refractivity contribution is 5.38. The third kappa shape index (κ3) is 2.19. The Bertz CT molecular complexity index is 506. The lowest BCUT2D eigenvalue weighted by Gasteiger charge is -2.02. The molecule has 0 amide bonds. The first kappa shape index (κ1) is 9.39. The summed E-state index contributed by atoms with van der Waals surface area (Å²) < 4.78 is 0. The SMILES string of the molecule is Nc1[nH]c(=O)ncc1Cc1ccccn1. The van der Waals surface area contributed by atoms with Gasteiger partial charge in [0.05, 0.1) is 0 Å². The molecule has 0 saturated heterocycles. The van der Waals surface area contributed by atoms with Gasteiger partial charge in [0.25, 0.3) is 0 Å². The lowest BCUT2D eigenvalue weighted by molar-refractivity contribution is 1.000. The molecular weight excluding hydrogens is 192 g/mol. The highest BCUT2D eigenvalue weighted by Crippen LogP contribution is 2.09. The Labute approximate surface area is 86.0 Å². The Kier molecular flexibility index (Phi) is 2.45. The summed E-state index contributed by atoms with van der Waals surface area (Å²) in [6.07, 6.45) is 3.75. The maximum Gasteiger partial charge on any atom is 0.346 e. The molecule has 0 bridgehead atoms. The second-order valence-corrected chi connectivity index (χ2v) is 3.13. The molecule has 2 aromatic rings. The first-order valence-electron chi connectivity index (χ1n) is 4.49. The maximum atomic E-state index is 10.8. The summed E-state index contributed by atoms with van der Waals surface area (Å²) in [6.45, 7) is 0. The highest BCUT2D eigenvalue weighted by atomic mass is 16.1. The van der Waals surface area contributed by atoms with Gasteiger partial charge in [-0.15, -0.1) is 0 Å². The van der Waals surface area contributed by atoms with Gasteiger partial charge in [0.2, 0.25) is 0 Å². The highest BCUT2D eigenvalue weighted by Gasteiger charge is 2.02. The van der Waals surface area contributed by atoms with Gasteiger partial charge in [0.15, 0.2) is 0 Å². The van der Waals surface area contributed by atoms with E-state index in [9.17, 15) is 4.79 Å². The van der Waals surface area contributed by atoms with Crippen LogP contribution in [0.5, 0.6) is 0 Å². The number of nitrogen functional groups attached to an aromatic ring is 1. The molecule has 0 unspecified atom stereocenters. The van der Waals surface area contributed by atoms with Crippen molar-refractivity contribution < 1.29 is 0 Å². The third-order valence-electron chi connectivity index (χ3n) is 2.02. The van der Waals surface area contributed by atoms with Crippen molar-refractivity contribution in [2.75, 3.05) is 5.73 Å². The molecule has 5 heteroatoms. The van der Waals surface area contributed by atoms with Crippen molar-refractivity contribution in [1.29, 1.82) is 0 Å². The Morgan fingerprint density at radius 2 is 2.20 bits per heavy atom. The molecule has 0 radical (unpaired) electrons. The molecular formula is C10H10N4O. The van der Waals surface area contributed by atoms with Crippen LogP contribution >= 0.6 is 0 Å². The van der Waals surface area contributed by atoms with Crippen LogP contribution in [0.2, 0.25) is 0 Å². The number of pyridine rings is 1. The lowest BCUT2D eigenvalue weighted by Crippen LogP contribution is -2.14. The first-order chi connectivity index (χ1) is 7.25. The predicted molar refractivity (Wildman–Crippen MR) is 56.3 cm³/mol. The molecule has 0 aromatic carbocycles. The Morgan fingerprint density at radius 1 is 1.33 bits per heavy atom. The average Bonchev–Trinajstić information content (AvgIpc) is 2.24. The monoisotopic (exact) mass is 202 g/mol.